The Morgan fingerprint density at radius 2 is 1.47 bits per heavy atom. The molecule has 0 unspecified atom stereocenters. The molecule has 1 heterocycles. The predicted molar refractivity (Wildman–Crippen MR) is 135 cm³/mol. The van der Waals surface area contributed by atoms with E-state index < -0.39 is 17.7 Å². The van der Waals surface area contributed by atoms with E-state index in [1.54, 1.807) is 54.6 Å². The number of rotatable bonds is 4. The van der Waals surface area contributed by atoms with Crippen LogP contribution in [0.3, 0.4) is 0 Å². The molecule has 0 saturated heterocycles. The topological polar surface area (TPSA) is 92.2 Å². The fraction of sp³-hybridized carbons (Fsp3) is 0.0800. The van der Waals surface area contributed by atoms with Crippen molar-refractivity contribution < 1.29 is 14.4 Å². The van der Waals surface area contributed by atoms with Gasteiger partial charge in [-0.3, -0.25) is 19.8 Å². The van der Waals surface area contributed by atoms with Gasteiger partial charge in [0, 0.05) is 26.8 Å². The number of benzene rings is 3. The first-order valence-corrected chi connectivity index (χ1v) is 11.0. The van der Waals surface area contributed by atoms with Gasteiger partial charge in [0.15, 0.2) is 0 Å². The van der Waals surface area contributed by atoms with Crippen molar-refractivity contribution in [1.82, 2.24) is 4.68 Å². The molecule has 3 aromatic carbocycles. The molecule has 172 valence electrons. The highest BCUT2D eigenvalue weighted by Gasteiger charge is 2.21. The summed E-state index contributed by atoms with van der Waals surface area (Å²) < 4.78 is 1.26. The van der Waals surface area contributed by atoms with Gasteiger partial charge in [-0.2, -0.15) is 0 Å². The third-order valence-corrected chi connectivity index (χ3v) is 5.80. The Morgan fingerprint density at radius 1 is 0.765 bits per heavy atom. The number of carbonyl (C=O) groups excluding carboxylic acids is 3. The van der Waals surface area contributed by atoms with Crippen molar-refractivity contribution in [3.8, 4) is 0 Å². The molecule has 0 fully saturated rings. The lowest BCUT2D eigenvalue weighted by Crippen LogP contribution is -2.36. The summed E-state index contributed by atoms with van der Waals surface area (Å²) in [7, 11) is 0. The van der Waals surface area contributed by atoms with Gasteiger partial charge < -0.3 is 10.6 Å². The van der Waals surface area contributed by atoms with Gasteiger partial charge >= 0.3 is 11.8 Å². The molecule has 0 aliphatic heterocycles. The summed E-state index contributed by atoms with van der Waals surface area (Å²) >= 11 is 12.2. The molecule has 3 amide bonds. The van der Waals surface area contributed by atoms with Gasteiger partial charge in [-0.15, -0.1) is 0 Å². The first-order valence-electron chi connectivity index (χ1n) is 10.3. The molecule has 9 heteroatoms. The summed E-state index contributed by atoms with van der Waals surface area (Å²) in [6, 6.07) is 18.7. The number of aromatic nitrogens is 1. The number of fused-ring (bicyclic) bond motifs is 1. The summed E-state index contributed by atoms with van der Waals surface area (Å²) in [6.07, 6.45) is 0. The van der Waals surface area contributed by atoms with E-state index in [0.717, 1.165) is 11.1 Å². The predicted octanol–water partition coefficient (Wildman–Crippen LogP) is 5.53. The molecular weight excluding hydrogens is 475 g/mol. The van der Waals surface area contributed by atoms with Crippen molar-refractivity contribution in [2.75, 3.05) is 16.1 Å². The molecule has 0 aliphatic rings. The van der Waals surface area contributed by atoms with Crippen LogP contribution in [0.25, 0.3) is 10.9 Å². The Hall–Kier alpha value is -3.81. The van der Waals surface area contributed by atoms with E-state index in [1.165, 1.54) is 4.68 Å². The number of halogens is 2. The number of aryl methyl sites for hydroxylation is 2. The highest BCUT2D eigenvalue weighted by Crippen LogP contribution is 2.24. The second-order valence-corrected chi connectivity index (χ2v) is 8.59. The molecule has 1 aromatic heterocycles. The summed E-state index contributed by atoms with van der Waals surface area (Å²) in [6.45, 7) is 3.77. The average Bonchev–Trinajstić information content (AvgIpc) is 3.15. The number of anilines is 2. The molecule has 0 spiro atoms. The van der Waals surface area contributed by atoms with Crippen LogP contribution in [0, 0.1) is 13.8 Å². The van der Waals surface area contributed by atoms with Crippen LogP contribution in [-0.4, -0.2) is 22.4 Å². The third-order valence-electron chi connectivity index (χ3n) is 5.15. The van der Waals surface area contributed by atoms with Gasteiger partial charge in [-0.1, -0.05) is 47.0 Å². The number of hydrogen-bond donors (Lipinski definition) is 3. The van der Waals surface area contributed by atoms with Crippen LogP contribution >= 0.6 is 23.2 Å². The molecule has 4 rings (SSSR count). The van der Waals surface area contributed by atoms with Crippen molar-refractivity contribution >= 4 is 63.2 Å². The Labute approximate surface area is 205 Å². The van der Waals surface area contributed by atoms with E-state index in [1.807, 2.05) is 26.0 Å². The summed E-state index contributed by atoms with van der Waals surface area (Å²) in [5, 5.41) is 6.84. The van der Waals surface area contributed by atoms with Gasteiger partial charge in [0.25, 0.3) is 5.91 Å². The highest BCUT2D eigenvalue weighted by atomic mass is 35.5. The van der Waals surface area contributed by atoms with Crippen LogP contribution in [0.5, 0.6) is 0 Å². The van der Waals surface area contributed by atoms with Gasteiger partial charge in [-0.05, 0) is 67.9 Å². The van der Waals surface area contributed by atoms with Crippen molar-refractivity contribution in [3.63, 3.8) is 0 Å². The van der Waals surface area contributed by atoms with Gasteiger partial charge in [-0.25, -0.2) is 4.68 Å². The standard InChI is InChI=1S/C25H20Cl2N4O3/c1-14-3-7-18(8-4-14)28-23(32)22-12-16-11-17(26)6-10-21(16)31(22)30-25(34)24(33)29-19-9-5-15(2)20(27)13-19/h3-13H,1-2H3,(H,28,32)(H,29,33)(H,30,34). The van der Waals surface area contributed by atoms with E-state index in [4.69, 9.17) is 23.2 Å². The molecule has 0 saturated carbocycles. The molecule has 0 atom stereocenters. The Balaban J connectivity index is 1.61. The van der Waals surface area contributed by atoms with Crippen LogP contribution in [0.4, 0.5) is 11.4 Å². The zero-order valence-corrected chi connectivity index (χ0v) is 19.8. The number of carbonyl (C=O) groups is 3. The minimum Gasteiger partial charge on any atom is -0.321 e. The lowest BCUT2D eigenvalue weighted by atomic mass is 10.2. The summed E-state index contributed by atoms with van der Waals surface area (Å²) in [4.78, 5) is 38.3. The molecule has 4 aromatic rings. The second-order valence-electron chi connectivity index (χ2n) is 7.75. The molecule has 0 aliphatic carbocycles. The van der Waals surface area contributed by atoms with Gasteiger partial charge in [0.05, 0.1) is 5.52 Å². The maximum absolute atomic E-state index is 13.1. The first kappa shape index (κ1) is 23.4. The number of amides is 3. The molecule has 0 bridgehead atoms. The summed E-state index contributed by atoms with van der Waals surface area (Å²) in [5.74, 6) is -2.35. The van der Waals surface area contributed by atoms with E-state index in [-0.39, 0.29) is 5.69 Å². The lowest BCUT2D eigenvalue weighted by Gasteiger charge is -2.13. The van der Waals surface area contributed by atoms with E-state index >= 15 is 0 Å². The minimum absolute atomic E-state index is 0.123. The van der Waals surface area contributed by atoms with Crippen molar-refractivity contribution in [2.45, 2.75) is 13.8 Å². The summed E-state index contributed by atoms with van der Waals surface area (Å²) in [5.41, 5.74) is 5.97. The second kappa shape index (κ2) is 9.59. The van der Waals surface area contributed by atoms with Crippen molar-refractivity contribution in [3.05, 3.63) is 93.6 Å². The smallest absolute Gasteiger partial charge is 0.321 e. The quantitative estimate of drug-likeness (QED) is 0.326. The molecule has 7 nitrogen and oxygen atoms in total. The SMILES string of the molecule is Cc1ccc(NC(=O)c2cc3cc(Cl)ccc3n2NC(=O)C(=O)Nc2ccc(C)c(Cl)c2)cc1. The average molecular weight is 495 g/mol. The normalized spacial score (nSPS) is 10.7. The highest BCUT2D eigenvalue weighted by molar-refractivity contribution is 6.42. The molecule has 0 radical (unpaired) electrons. The van der Waals surface area contributed by atoms with Crippen LogP contribution in [0.1, 0.15) is 21.6 Å². The number of nitrogens with zero attached hydrogens (tertiary/aromatic N) is 1. The maximum atomic E-state index is 13.1. The monoisotopic (exact) mass is 494 g/mol. The van der Waals surface area contributed by atoms with Crippen LogP contribution < -0.4 is 16.1 Å². The van der Waals surface area contributed by atoms with E-state index in [0.29, 0.717) is 32.3 Å². The third kappa shape index (κ3) is 5.06. The fourth-order valence-corrected chi connectivity index (χ4v) is 3.68. The van der Waals surface area contributed by atoms with Crippen molar-refractivity contribution in [1.29, 1.82) is 0 Å². The maximum Gasteiger partial charge on any atom is 0.328 e. The zero-order valence-electron chi connectivity index (χ0n) is 18.3. The van der Waals surface area contributed by atoms with Gasteiger partial charge in [0.1, 0.15) is 5.69 Å². The van der Waals surface area contributed by atoms with Crippen LogP contribution in [0.15, 0.2) is 66.7 Å². The number of hydrogen-bond acceptors (Lipinski definition) is 3. The lowest BCUT2D eigenvalue weighted by molar-refractivity contribution is -0.133. The molecule has 34 heavy (non-hydrogen) atoms. The Morgan fingerprint density at radius 3 is 2.18 bits per heavy atom. The molecular formula is C25H20Cl2N4O3. The fourth-order valence-electron chi connectivity index (χ4n) is 3.32. The molecule has 3 N–H and O–H groups in total. The van der Waals surface area contributed by atoms with Gasteiger partial charge in [0.2, 0.25) is 0 Å². The number of nitrogens with one attached hydrogen (secondary N) is 3. The Bertz CT molecular complexity index is 1430. The van der Waals surface area contributed by atoms with Crippen LogP contribution in [-0.2, 0) is 9.59 Å². The van der Waals surface area contributed by atoms with E-state index in [2.05, 4.69) is 16.1 Å². The first-order chi connectivity index (χ1) is 16.2. The van der Waals surface area contributed by atoms with E-state index in [9.17, 15) is 14.4 Å². The minimum atomic E-state index is -0.964. The Kier molecular flexibility index (Phi) is 6.58. The zero-order chi connectivity index (χ0) is 24.4. The van der Waals surface area contributed by atoms with Crippen molar-refractivity contribution in [2.24, 2.45) is 0 Å². The van der Waals surface area contributed by atoms with Crippen LogP contribution in [0.2, 0.25) is 10.0 Å². The largest absolute Gasteiger partial charge is 0.328 e.